The van der Waals surface area contributed by atoms with E-state index in [1.165, 1.54) is 18.3 Å². The largest absolute Gasteiger partial charge is 0.435 e. The van der Waals surface area contributed by atoms with Crippen molar-refractivity contribution in [1.82, 2.24) is 20.1 Å². The summed E-state index contributed by atoms with van der Waals surface area (Å²) in [4.78, 5) is 29.8. The van der Waals surface area contributed by atoms with Gasteiger partial charge in [-0.15, -0.1) is 0 Å². The normalized spacial score (nSPS) is 14.5. The Hall–Kier alpha value is -4.56. The summed E-state index contributed by atoms with van der Waals surface area (Å²) in [5.74, 6) is -4.07. The lowest BCUT2D eigenvalue weighted by molar-refractivity contribution is -0.142. The third-order valence-electron chi connectivity index (χ3n) is 6.98. The molecule has 1 aliphatic carbocycles. The van der Waals surface area contributed by atoms with Crippen molar-refractivity contribution in [3.63, 3.8) is 0 Å². The van der Waals surface area contributed by atoms with Gasteiger partial charge in [-0.05, 0) is 54.3 Å². The van der Waals surface area contributed by atoms with Gasteiger partial charge in [0.05, 0.1) is 23.0 Å². The van der Waals surface area contributed by atoms with E-state index < -0.39 is 65.4 Å². The van der Waals surface area contributed by atoms with E-state index in [9.17, 15) is 41.0 Å². The first-order chi connectivity index (χ1) is 20.3. The lowest BCUT2D eigenvalue weighted by Crippen LogP contribution is -2.34. The third kappa shape index (κ3) is 6.29. The van der Waals surface area contributed by atoms with Crippen molar-refractivity contribution in [2.45, 2.75) is 44.3 Å². The van der Waals surface area contributed by atoms with E-state index in [1.807, 2.05) is 0 Å². The van der Waals surface area contributed by atoms with Crippen LogP contribution in [0.15, 0.2) is 54.7 Å². The van der Waals surface area contributed by atoms with Crippen LogP contribution in [0.2, 0.25) is 0 Å². The molecule has 2 atom stereocenters. The summed E-state index contributed by atoms with van der Waals surface area (Å²) in [5.41, 5.74) is 4.28. The van der Waals surface area contributed by atoms with E-state index in [4.69, 9.17) is 5.73 Å². The van der Waals surface area contributed by atoms with Gasteiger partial charge in [-0.2, -0.15) is 18.3 Å². The van der Waals surface area contributed by atoms with Gasteiger partial charge in [-0.3, -0.25) is 19.3 Å². The Kier molecular flexibility index (Phi) is 8.08. The van der Waals surface area contributed by atoms with Gasteiger partial charge >= 0.3 is 6.18 Å². The zero-order chi connectivity index (χ0) is 31.1. The number of aliphatic hydroxyl groups is 1. The highest BCUT2D eigenvalue weighted by Gasteiger charge is 2.43. The number of halogens is 6. The van der Waals surface area contributed by atoms with Gasteiger partial charge in [0.25, 0.3) is 0 Å². The number of alkyl halides is 3. The zero-order valence-electron chi connectivity index (χ0n) is 22.1. The molecule has 43 heavy (non-hydrogen) atoms. The van der Waals surface area contributed by atoms with Crippen LogP contribution in [0.25, 0.3) is 11.1 Å². The van der Waals surface area contributed by atoms with E-state index in [-0.39, 0.29) is 41.8 Å². The first kappa shape index (κ1) is 29.9. The molecule has 0 aliphatic heterocycles. The minimum Gasteiger partial charge on any atom is -0.374 e. The van der Waals surface area contributed by atoms with Crippen molar-refractivity contribution >= 4 is 11.7 Å². The zero-order valence-corrected chi connectivity index (χ0v) is 22.1. The highest BCUT2D eigenvalue weighted by atomic mass is 19.4. The lowest BCUT2D eigenvalue weighted by atomic mass is 9.94. The first-order valence-electron chi connectivity index (χ1n) is 12.9. The number of hydrogen-bond acceptors (Lipinski definition) is 6. The van der Waals surface area contributed by atoms with Crippen molar-refractivity contribution < 1.29 is 41.0 Å². The number of nitrogens with one attached hydrogen (secondary N) is 1. The standard InChI is InChI=1S/C29H23F6N5O3/c30-16-8-14(9-17(31)12-16)10-21(26-18(2-1-7-37-26)15-3-4-20(32)19(11-15)28(36)43)38-24(42)13-40-22-5-6-23(41)25(22)27(39-40)29(33,34)35/h1-4,7-9,11-12,21,28,43H,5-6,10,13,36H2,(H,38,42). The lowest BCUT2D eigenvalue weighted by Gasteiger charge is -2.22. The fraction of sp³-hybridized carbons (Fsp3) is 0.241. The van der Waals surface area contributed by atoms with E-state index in [2.05, 4.69) is 15.4 Å². The Morgan fingerprint density at radius 3 is 2.47 bits per heavy atom. The second-order valence-electron chi connectivity index (χ2n) is 9.97. The van der Waals surface area contributed by atoms with Crippen LogP contribution in [-0.4, -0.2) is 31.6 Å². The molecule has 0 bridgehead atoms. The number of nitrogens with zero attached hydrogens (tertiary/aromatic N) is 3. The number of pyridine rings is 1. The Balaban J connectivity index is 1.53. The van der Waals surface area contributed by atoms with E-state index in [1.54, 1.807) is 12.1 Å². The smallest absolute Gasteiger partial charge is 0.374 e. The van der Waals surface area contributed by atoms with Crippen LogP contribution in [0.1, 0.15) is 57.3 Å². The van der Waals surface area contributed by atoms with Crippen LogP contribution >= 0.6 is 0 Å². The number of carbonyl (C=O) groups excluding carboxylic acids is 2. The van der Waals surface area contributed by atoms with Gasteiger partial charge in [-0.1, -0.05) is 12.1 Å². The second kappa shape index (κ2) is 11.6. The van der Waals surface area contributed by atoms with Gasteiger partial charge in [0, 0.05) is 29.8 Å². The van der Waals surface area contributed by atoms with Crippen molar-refractivity contribution in [2.75, 3.05) is 0 Å². The molecule has 8 nitrogen and oxygen atoms in total. The van der Waals surface area contributed by atoms with Gasteiger partial charge in [0.1, 0.15) is 30.2 Å². The van der Waals surface area contributed by atoms with Crippen LogP contribution in [-0.2, 0) is 30.4 Å². The van der Waals surface area contributed by atoms with E-state index in [0.717, 1.165) is 22.9 Å². The number of hydrogen-bond donors (Lipinski definition) is 3. The van der Waals surface area contributed by atoms with Crippen LogP contribution < -0.4 is 11.1 Å². The molecular weight excluding hydrogens is 580 g/mol. The maximum absolute atomic E-state index is 14.2. The van der Waals surface area contributed by atoms with Gasteiger partial charge in [-0.25, -0.2) is 13.2 Å². The summed E-state index contributed by atoms with van der Waals surface area (Å²) in [6.45, 7) is -0.693. The monoisotopic (exact) mass is 603 g/mol. The molecule has 1 aliphatic rings. The molecule has 0 radical (unpaired) electrons. The van der Waals surface area contributed by atoms with Crippen LogP contribution in [0.5, 0.6) is 0 Å². The predicted octanol–water partition coefficient (Wildman–Crippen LogP) is 4.56. The van der Waals surface area contributed by atoms with Gasteiger partial charge in [0.2, 0.25) is 5.91 Å². The van der Waals surface area contributed by atoms with Crippen LogP contribution in [0, 0.1) is 17.5 Å². The summed E-state index contributed by atoms with van der Waals surface area (Å²) in [6.07, 6.45) is -5.56. The molecule has 0 fully saturated rings. The summed E-state index contributed by atoms with van der Waals surface area (Å²) in [6, 6.07) is 8.52. The second-order valence-corrected chi connectivity index (χ2v) is 9.97. The van der Waals surface area contributed by atoms with Crippen LogP contribution in [0.4, 0.5) is 26.3 Å². The number of amides is 1. The fourth-order valence-electron chi connectivity index (χ4n) is 5.16. The molecule has 4 aromatic rings. The Morgan fingerprint density at radius 2 is 1.79 bits per heavy atom. The molecule has 14 heteroatoms. The van der Waals surface area contributed by atoms with E-state index >= 15 is 0 Å². The number of Topliss-reactive ketones (excluding diaryl/α,β-unsaturated/α-hetero) is 1. The van der Waals surface area contributed by atoms with Crippen molar-refractivity contribution in [3.8, 4) is 11.1 Å². The topological polar surface area (TPSA) is 123 Å². The number of benzene rings is 2. The van der Waals surface area contributed by atoms with Crippen molar-refractivity contribution in [1.29, 1.82) is 0 Å². The maximum Gasteiger partial charge on any atom is 0.435 e. The van der Waals surface area contributed by atoms with Crippen LogP contribution in [0.3, 0.4) is 0 Å². The minimum absolute atomic E-state index is 0.0195. The maximum atomic E-state index is 14.2. The highest BCUT2D eigenvalue weighted by Crippen LogP contribution is 2.37. The Morgan fingerprint density at radius 1 is 1.07 bits per heavy atom. The van der Waals surface area contributed by atoms with Crippen molar-refractivity contribution in [2.24, 2.45) is 5.73 Å². The molecule has 4 N–H and O–H groups in total. The summed E-state index contributed by atoms with van der Waals surface area (Å²) >= 11 is 0. The van der Waals surface area contributed by atoms with Gasteiger partial charge in [0.15, 0.2) is 11.5 Å². The Bertz CT molecular complexity index is 1700. The molecule has 1 amide bonds. The third-order valence-corrected chi connectivity index (χ3v) is 6.98. The molecule has 0 saturated carbocycles. The molecule has 2 unspecified atom stereocenters. The number of fused-ring (bicyclic) bond motifs is 1. The molecule has 0 spiro atoms. The fourth-order valence-corrected chi connectivity index (χ4v) is 5.16. The average molecular weight is 604 g/mol. The highest BCUT2D eigenvalue weighted by molar-refractivity contribution is 6.01. The molecule has 5 rings (SSSR count). The molecule has 0 saturated heterocycles. The number of rotatable bonds is 8. The molecule has 2 heterocycles. The summed E-state index contributed by atoms with van der Waals surface area (Å²) < 4.78 is 83.9. The average Bonchev–Trinajstić information content (AvgIpc) is 3.48. The molecule has 224 valence electrons. The first-order valence-corrected chi connectivity index (χ1v) is 12.9. The van der Waals surface area contributed by atoms with E-state index in [0.29, 0.717) is 17.2 Å². The Labute approximate surface area is 240 Å². The SMILES string of the molecule is NC(O)c1cc(-c2cccnc2C(Cc2cc(F)cc(F)c2)NC(=O)Cn2nc(C(F)(F)F)c3c2CCC3=O)ccc1F. The summed E-state index contributed by atoms with van der Waals surface area (Å²) in [7, 11) is 0. The number of aromatic nitrogens is 3. The predicted molar refractivity (Wildman–Crippen MR) is 140 cm³/mol. The van der Waals surface area contributed by atoms with Crippen molar-refractivity contribution in [3.05, 3.63) is 106 Å². The molecule has 2 aromatic carbocycles. The minimum atomic E-state index is -4.91. The molecular formula is C29H23F6N5O3. The number of nitrogens with two attached hydrogens (primary N) is 1. The number of carbonyl (C=O) groups is 2. The number of aliphatic hydroxyl groups excluding tert-OH is 1. The quantitative estimate of drug-likeness (QED) is 0.201. The number of ketones is 1. The van der Waals surface area contributed by atoms with Gasteiger partial charge < -0.3 is 16.2 Å². The summed E-state index contributed by atoms with van der Waals surface area (Å²) in [5, 5.41) is 16.0. The molecule has 2 aromatic heterocycles.